The van der Waals surface area contributed by atoms with Gasteiger partial charge >= 0.3 is 5.97 Å². The molecule has 1 aromatic heterocycles. The van der Waals surface area contributed by atoms with E-state index in [0.717, 1.165) is 21.9 Å². The van der Waals surface area contributed by atoms with Gasteiger partial charge in [-0.1, -0.05) is 24.3 Å². The SMILES string of the molecule is COc1ccc(C2CCC(C(=O)O)CC2C#N)c2c1oc1ccccc12. The smallest absolute Gasteiger partial charge is 0.306 e. The highest BCUT2D eigenvalue weighted by atomic mass is 16.5. The number of rotatable bonds is 3. The third-order valence-corrected chi connectivity index (χ3v) is 5.51. The number of nitrogens with zero attached hydrogens (tertiary/aromatic N) is 1. The number of fused-ring (bicyclic) bond motifs is 3. The minimum Gasteiger partial charge on any atom is -0.493 e. The summed E-state index contributed by atoms with van der Waals surface area (Å²) in [6.07, 6.45) is 1.65. The molecule has 132 valence electrons. The van der Waals surface area contributed by atoms with Crippen molar-refractivity contribution in [3.05, 3.63) is 42.0 Å². The zero-order chi connectivity index (χ0) is 18.3. The molecule has 0 radical (unpaired) electrons. The van der Waals surface area contributed by atoms with E-state index in [1.54, 1.807) is 7.11 Å². The summed E-state index contributed by atoms with van der Waals surface area (Å²) < 4.78 is 11.5. The number of carbonyl (C=O) groups is 1. The Morgan fingerprint density at radius 1 is 1.27 bits per heavy atom. The second-order valence-corrected chi connectivity index (χ2v) is 6.85. The van der Waals surface area contributed by atoms with E-state index in [1.807, 2.05) is 36.4 Å². The molecule has 1 fully saturated rings. The third kappa shape index (κ3) is 2.50. The van der Waals surface area contributed by atoms with Crippen LogP contribution in [0.3, 0.4) is 0 Å². The summed E-state index contributed by atoms with van der Waals surface area (Å²) in [5, 5.41) is 20.9. The summed E-state index contributed by atoms with van der Waals surface area (Å²) in [7, 11) is 1.61. The number of carboxylic acids is 1. The largest absolute Gasteiger partial charge is 0.493 e. The molecule has 0 saturated heterocycles. The van der Waals surface area contributed by atoms with E-state index in [1.165, 1.54) is 0 Å². The highest BCUT2D eigenvalue weighted by Crippen LogP contribution is 2.46. The molecule has 3 aromatic rings. The zero-order valence-electron chi connectivity index (χ0n) is 14.4. The summed E-state index contributed by atoms with van der Waals surface area (Å²) in [6.45, 7) is 0. The van der Waals surface area contributed by atoms with Gasteiger partial charge in [0.2, 0.25) is 0 Å². The van der Waals surface area contributed by atoms with Crippen molar-refractivity contribution >= 4 is 27.9 Å². The monoisotopic (exact) mass is 349 g/mol. The number of hydrogen-bond acceptors (Lipinski definition) is 4. The topological polar surface area (TPSA) is 83.5 Å². The first-order valence-electron chi connectivity index (χ1n) is 8.74. The van der Waals surface area contributed by atoms with E-state index >= 15 is 0 Å². The van der Waals surface area contributed by atoms with Crippen LogP contribution in [0.1, 0.15) is 30.7 Å². The lowest BCUT2D eigenvalue weighted by Gasteiger charge is -2.31. The van der Waals surface area contributed by atoms with Crippen LogP contribution in [0.4, 0.5) is 0 Å². The van der Waals surface area contributed by atoms with Crippen LogP contribution in [0.5, 0.6) is 5.75 Å². The van der Waals surface area contributed by atoms with Crippen LogP contribution in [0, 0.1) is 23.2 Å². The van der Waals surface area contributed by atoms with E-state index in [4.69, 9.17) is 9.15 Å². The average molecular weight is 349 g/mol. The van der Waals surface area contributed by atoms with E-state index in [2.05, 4.69) is 6.07 Å². The zero-order valence-corrected chi connectivity index (χ0v) is 14.4. The number of nitriles is 1. The number of para-hydroxylation sites is 1. The number of methoxy groups -OCH3 is 1. The molecule has 1 saturated carbocycles. The fourth-order valence-corrected chi connectivity index (χ4v) is 4.21. The molecule has 1 aliphatic carbocycles. The van der Waals surface area contributed by atoms with Gasteiger partial charge in [-0.3, -0.25) is 4.79 Å². The van der Waals surface area contributed by atoms with Gasteiger partial charge < -0.3 is 14.3 Å². The molecule has 5 heteroatoms. The normalized spacial score (nSPS) is 23.0. The summed E-state index contributed by atoms with van der Waals surface area (Å²) >= 11 is 0. The van der Waals surface area contributed by atoms with Gasteiger partial charge in [0.05, 0.1) is 25.0 Å². The number of benzene rings is 2. The molecule has 4 rings (SSSR count). The highest BCUT2D eigenvalue weighted by Gasteiger charge is 2.36. The molecule has 0 bridgehead atoms. The second kappa shape index (κ2) is 6.38. The summed E-state index contributed by atoms with van der Waals surface area (Å²) in [5.74, 6) is -0.920. The minimum absolute atomic E-state index is 0.00925. The first kappa shape index (κ1) is 16.5. The Morgan fingerprint density at radius 2 is 2.08 bits per heavy atom. The van der Waals surface area contributed by atoms with Crippen LogP contribution in [-0.2, 0) is 4.79 Å². The molecular weight excluding hydrogens is 330 g/mol. The van der Waals surface area contributed by atoms with E-state index in [0.29, 0.717) is 30.6 Å². The summed E-state index contributed by atoms with van der Waals surface area (Å²) in [6, 6.07) is 14.0. The predicted molar refractivity (Wildman–Crippen MR) is 97.1 cm³/mol. The molecule has 1 heterocycles. The molecule has 0 aliphatic heterocycles. The van der Waals surface area contributed by atoms with Crippen molar-refractivity contribution in [2.75, 3.05) is 7.11 Å². The van der Waals surface area contributed by atoms with Gasteiger partial charge in [-0.2, -0.15) is 5.26 Å². The lowest BCUT2D eigenvalue weighted by atomic mass is 9.71. The number of furan rings is 1. The van der Waals surface area contributed by atoms with Crippen molar-refractivity contribution in [2.24, 2.45) is 11.8 Å². The first-order chi connectivity index (χ1) is 12.6. The maximum atomic E-state index is 11.3. The molecule has 2 aromatic carbocycles. The van der Waals surface area contributed by atoms with Crippen molar-refractivity contribution in [1.82, 2.24) is 0 Å². The fourth-order valence-electron chi connectivity index (χ4n) is 4.21. The Kier molecular flexibility index (Phi) is 4.04. The van der Waals surface area contributed by atoms with Crippen molar-refractivity contribution in [3.8, 4) is 11.8 Å². The first-order valence-corrected chi connectivity index (χ1v) is 8.74. The Balaban J connectivity index is 1.89. The van der Waals surface area contributed by atoms with Crippen molar-refractivity contribution in [1.29, 1.82) is 5.26 Å². The quantitative estimate of drug-likeness (QED) is 0.741. The Morgan fingerprint density at radius 3 is 2.81 bits per heavy atom. The summed E-state index contributed by atoms with van der Waals surface area (Å²) in [5.41, 5.74) is 2.50. The summed E-state index contributed by atoms with van der Waals surface area (Å²) in [4.78, 5) is 11.3. The van der Waals surface area contributed by atoms with E-state index < -0.39 is 11.9 Å². The van der Waals surface area contributed by atoms with Crippen LogP contribution in [0.25, 0.3) is 21.9 Å². The minimum atomic E-state index is -0.808. The predicted octanol–water partition coefficient (Wildman–Crippen LogP) is 4.70. The number of hydrogen-bond donors (Lipinski definition) is 1. The molecular formula is C21H19NO4. The van der Waals surface area contributed by atoms with Crippen LogP contribution in [0.2, 0.25) is 0 Å². The van der Waals surface area contributed by atoms with Crippen LogP contribution in [0.15, 0.2) is 40.8 Å². The Labute approximate surface area is 150 Å². The maximum absolute atomic E-state index is 11.3. The van der Waals surface area contributed by atoms with E-state index in [-0.39, 0.29) is 11.8 Å². The van der Waals surface area contributed by atoms with Crippen LogP contribution < -0.4 is 4.74 Å². The van der Waals surface area contributed by atoms with Gasteiger partial charge in [0.1, 0.15) is 5.58 Å². The molecule has 3 atom stereocenters. The van der Waals surface area contributed by atoms with Crippen molar-refractivity contribution < 1.29 is 19.1 Å². The van der Waals surface area contributed by atoms with Gasteiger partial charge in [-0.25, -0.2) is 0 Å². The number of ether oxygens (including phenoxy) is 1. The molecule has 5 nitrogen and oxygen atoms in total. The second-order valence-electron chi connectivity index (χ2n) is 6.85. The Hall–Kier alpha value is -3.00. The molecule has 0 amide bonds. The van der Waals surface area contributed by atoms with Gasteiger partial charge in [-0.05, 0) is 37.0 Å². The van der Waals surface area contributed by atoms with Gasteiger partial charge in [-0.15, -0.1) is 0 Å². The number of aliphatic carboxylic acids is 1. The lowest BCUT2D eigenvalue weighted by Crippen LogP contribution is -2.27. The van der Waals surface area contributed by atoms with Gasteiger partial charge in [0.15, 0.2) is 11.3 Å². The average Bonchev–Trinajstić information content (AvgIpc) is 3.06. The maximum Gasteiger partial charge on any atom is 0.306 e. The van der Waals surface area contributed by atoms with Gasteiger partial charge in [0.25, 0.3) is 0 Å². The van der Waals surface area contributed by atoms with Gasteiger partial charge in [0, 0.05) is 16.7 Å². The Bertz CT molecular complexity index is 1030. The highest BCUT2D eigenvalue weighted by molar-refractivity contribution is 6.08. The van der Waals surface area contributed by atoms with Crippen LogP contribution >= 0.6 is 0 Å². The molecule has 0 spiro atoms. The lowest BCUT2D eigenvalue weighted by molar-refractivity contribution is -0.143. The van der Waals surface area contributed by atoms with Crippen molar-refractivity contribution in [3.63, 3.8) is 0 Å². The molecule has 3 unspecified atom stereocenters. The standard InChI is InChI=1S/C21H19NO4/c1-25-18-9-8-15(14-7-6-12(21(23)24)10-13(14)11-22)19-16-4-2-3-5-17(16)26-20(18)19/h2-5,8-9,12-14H,6-7,10H2,1H3,(H,23,24). The molecule has 26 heavy (non-hydrogen) atoms. The third-order valence-electron chi connectivity index (χ3n) is 5.51. The molecule has 1 aliphatic rings. The van der Waals surface area contributed by atoms with Crippen LogP contribution in [-0.4, -0.2) is 18.2 Å². The fraction of sp³-hybridized carbons (Fsp3) is 0.333. The van der Waals surface area contributed by atoms with E-state index in [9.17, 15) is 15.2 Å². The number of carboxylic acid groups (broad SMARTS) is 1. The molecule has 1 N–H and O–H groups in total. The van der Waals surface area contributed by atoms with Crippen molar-refractivity contribution in [2.45, 2.75) is 25.2 Å².